The summed E-state index contributed by atoms with van der Waals surface area (Å²) in [6.07, 6.45) is -0.243. The van der Waals surface area contributed by atoms with Crippen LogP contribution in [-0.2, 0) is 24.6 Å². The first-order valence-electron chi connectivity index (χ1n) is 18.3. The Morgan fingerprint density at radius 3 is 2.07 bits per heavy atom. The van der Waals surface area contributed by atoms with E-state index in [1.54, 1.807) is 19.2 Å². The van der Waals surface area contributed by atoms with Crippen LogP contribution in [0.4, 0.5) is 17.6 Å². The summed E-state index contributed by atoms with van der Waals surface area (Å²) in [5, 5.41) is 10.4. The predicted molar refractivity (Wildman–Crippen MR) is 207 cm³/mol. The number of pyridine rings is 1. The third-order valence-corrected chi connectivity index (χ3v) is 15.2. The van der Waals surface area contributed by atoms with Gasteiger partial charge in [0.1, 0.15) is 18.1 Å². The number of benzene rings is 3. The van der Waals surface area contributed by atoms with Gasteiger partial charge in [0.2, 0.25) is 11.8 Å². The summed E-state index contributed by atoms with van der Waals surface area (Å²) in [5.74, 6) is 0.161. The molecule has 56 heavy (non-hydrogen) atoms. The second-order valence-electron chi connectivity index (χ2n) is 14.9. The summed E-state index contributed by atoms with van der Waals surface area (Å²) >= 11 is 0. The monoisotopic (exact) mass is 780 g/mol. The average molecular weight is 781 g/mol. The van der Waals surface area contributed by atoms with Crippen LogP contribution in [0.3, 0.4) is 0 Å². The summed E-state index contributed by atoms with van der Waals surface area (Å²) in [5.41, 5.74) is 1.45. The molecule has 0 saturated carbocycles. The van der Waals surface area contributed by atoms with Gasteiger partial charge in [0.05, 0.1) is 29.5 Å². The summed E-state index contributed by atoms with van der Waals surface area (Å²) < 4.78 is 81.3. The third-order valence-electron chi connectivity index (χ3n) is 10.1. The van der Waals surface area contributed by atoms with E-state index in [1.807, 2.05) is 77.5 Å². The van der Waals surface area contributed by atoms with Gasteiger partial charge in [-0.1, -0.05) is 112 Å². The molecule has 3 aliphatic heterocycles. The number of fused-ring (bicyclic) bond motifs is 2. The number of hydrogen-bond acceptors (Lipinski definition) is 6. The molecule has 0 N–H and O–H groups in total. The van der Waals surface area contributed by atoms with Crippen LogP contribution in [0.25, 0.3) is 33.8 Å². The van der Waals surface area contributed by atoms with Gasteiger partial charge in [-0.3, -0.25) is 4.68 Å². The first kappa shape index (κ1) is 37.2. The highest BCUT2D eigenvalue weighted by atomic mass is 28.4. The molecule has 0 amide bonds. The number of hydrogen-bond donors (Lipinski definition) is 0. The molecule has 1 atom stereocenters. The highest BCUT2D eigenvalue weighted by Crippen LogP contribution is 2.50. The van der Waals surface area contributed by atoms with Crippen LogP contribution in [0.5, 0.6) is 11.8 Å². The highest BCUT2D eigenvalue weighted by Gasteiger charge is 2.52. The van der Waals surface area contributed by atoms with Crippen molar-refractivity contribution in [3.63, 3.8) is 0 Å². The van der Waals surface area contributed by atoms with Crippen molar-refractivity contribution in [2.45, 2.75) is 58.0 Å². The van der Waals surface area contributed by atoms with Crippen LogP contribution in [0, 0.1) is 0 Å². The van der Waals surface area contributed by atoms with E-state index in [0.717, 1.165) is 15.9 Å². The normalized spacial score (nSPS) is 14.7. The fourth-order valence-corrected chi connectivity index (χ4v) is 12.5. The molecule has 0 bridgehead atoms. The fourth-order valence-electron chi connectivity index (χ4n) is 7.86. The topological polar surface area (TPSA) is 81.2 Å². The molecule has 14 heteroatoms. The molecule has 0 aliphatic carbocycles. The van der Waals surface area contributed by atoms with Gasteiger partial charge in [0.15, 0.2) is 0 Å². The van der Waals surface area contributed by atoms with Crippen molar-refractivity contribution in [3.05, 3.63) is 127 Å². The lowest BCUT2D eigenvalue weighted by atomic mass is 9.98. The molecule has 8 rings (SSSR count). The average Bonchev–Trinajstić information content (AvgIpc) is 3.86. The third kappa shape index (κ3) is 6.66. The number of ether oxygens (including phenoxy) is 2. The van der Waals surface area contributed by atoms with Gasteiger partial charge in [-0.2, -0.15) is 13.9 Å². The van der Waals surface area contributed by atoms with Crippen LogP contribution in [0.15, 0.2) is 116 Å². The smallest absolute Gasteiger partial charge is 0.388 e. The van der Waals surface area contributed by atoms with Gasteiger partial charge >= 0.3 is 6.61 Å². The SMILES string of the molecule is Cn1cc(-c2c3cccn(Cc4ccccc4)c-3nc2-c2c(C(F)F)nn3c2OCC(O[Si](c2ccccc2)(c2ccccc2)C(C)(C)C)C3)c(OC(F)F)n1. The number of halogens is 4. The first-order chi connectivity index (χ1) is 26.9. The predicted octanol–water partition coefficient (Wildman–Crippen LogP) is 8.18. The van der Waals surface area contributed by atoms with E-state index in [1.165, 1.54) is 15.6 Å². The molecule has 9 nitrogen and oxygen atoms in total. The Morgan fingerprint density at radius 1 is 0.821 bits per heavy atom. The summed E-state index contributed by atoms with van der Waals surface area (Å²) in [4.78, 5) is 4.99. The van der Waals surface area contributed by atoms with Crippen LogP contribution in [0.2, 0.25) is 5.04 Å². The summed E-state index contributed by atoms with van der Waals surface area (Å²) in [6, 6.07) is 33.5. The van der Waals surface area contributed by atoms with Crippen molar-refractivity contribution in [3.8, 4) is 45.5 Å². The first-order valence-corrected chi connectivity index (χ1v) is 20.2. The Labute approximate surface area is 322 Å². The van der Waals surface area contributed by atoms with E-state index in [-0.39, 0.29) is 52.3 Å². The van der Waals surface area contributed by atoms with E-state index >= 15 is 8.78 Å². The van der Waals surface area contributed by atoms with E-state index < -0.39 is 33.2 Å². The zero-order valence-corrected chi connectivity index (χ0v) is 32.2. The molecule has 3 aliphatic rings. The van der Waals surface area contributed by atoms with Crippen LogP contribution < -0.4 is 19.8 Å². The standard InChI is InChI=1S/C42H40F4N6O3Si/c1-42(2,3)56(29-17-10-6-11-18-29,30-19-12-7-13-20-30)55-28-24-52-40(53-26-28)34(36(48-52)37(43)44)35-33(32-25-50(4)49-39(32)54-41(45)46)31-21-14-22-51(38(31)47-35)23-27-15-8-5-9-16-27/h5-22,25,28,37,41H,23-24,26H2,1-4H3. The lowest BCUT2D eigenvalue weighted by Gasteiger charge is -2.45. The molecular weight excluding hydrogens is 741 g/mol. The van der Waals surface area contributed by atoms with Crippen molar-refractivity contribution >= 4 is 18.7 Å². The van der Waals surface area contributed by atoms with Gasteiger partial charge in [0, 0.05) is 37.1 Å². The molecule has 0 fully saturated rings. The Balaban J connectivity index is 1.28. The summed E-state index contributed by atoms with van der Waals surface area (Å²) in [7, 11) is -1.48. The maximum atomic E-state index is 15.2. The maximum absolute atomic E-state index is 15.2. The molecule has 2 aromatic heterocycles. The number of rotatable bonds is 11. The molecule has 0 radical (unpaired) electrons. The molecule has 288 valence electrons. The van der Waals surface area contributed by atoms with Crippen molar-refractivity contribution in [1.82, 2.24) is 29.1 Å². The van der Waals surface area contributed by atoms with E-state index in [0.29, 0.717) is 17.9 Å². The molecule has 0 saturated heterocycles. The quantitative estimate of drug-likeness (QED) is 0.0974. The largest absolute Gasteiger partial charge is 0.475 e. The lowest BCUT2D eigenvalue weighted by Crippen LogP contribution is -2.68. The molecule has 5 aromatic rings. The van der Waals surface area contributed by atoms with E-state index in [9.17, 15) is 8.78 Å². The van der Waals surface area contributed by atoms with Gasteiger partial charge in [0.25, 0.3) is 14.7 Å². The van der Waals surface area contributed by atoms with Crippen molar-refractivity contribution in [1.29, 1.82) is 0 Å². The summed E-state index contributed by atoms with van der Waals surface area (Å²) in [6.45, 7) is 3.89. The van der Waals surface area contributed by atoms with Gasteiger partial charge < -0.3 is 18.5 Å². The number of aryl methyl sites for hydroxylation is 1. The van der Waals surface area contributed by atoms with Gasteiger partial charge in [-0.15, -0.1) is 5.10 Å². The Hall–Kier alpha value is -5.73. The Kier molecular flexibility index (Phi) is 9.79. The van der Waals surface area contributed by atoms with Crippen molar-refractivity contribution in [2.75, 3.05) is 6.61 Å². The Bertz CT molecular complexity index is 2370. The van der Waals surface area contributed by atoms with Gasteiger partial charge in [-0.25, -0.2) is 18.4 Å². The molecular formula is C42H40F4N6O3Si. The van der Waals surface area contributed by atoms with Gasteiger partial charge in [-0.05, 0) is 33.1 Å². The van der Waals surface area contributed by atoms with E-state index in [4.69, 9.17) is 18.9 Å². The zero-order valence-electron chi connectivity index (χ0n) is 31.2. The zero-order chi connectivity index (χ0) is 39.2. The second-order valence-corrected chi connectivity index (χ2v) is 19.1. The molecule has 1 unspecified atom stereocenters. The minimum Gasteiger partial charge on any atom is -0.475 e. The minimum atomic E-state index is -3.18. The number of aromatic nitrogens is 6. The van der Waals surface area contributed by atoms with Crippen LogP contribution in [-0.4, -0.2) is 56.8 Å². The van der Waals surface area contributed by atoms with Crippen LogP contribution >= 0.6 is 0 Å². The van der Waals surface area contributed by atoms with E-state index in [2.05, 4.69) is 55.2 Å². The van der Waals surface area contributed by atoms with Crippen LogP contribution in [0.1, 0.15) is 38.5 Å². The maximum Gasteiger partial charge on any atom is 0.388 e. The molecule has 5 heterocycles. The number of nitrogens with zero attached hydrogens (tertiary/aromatic N) is 6. The lowest BCUT2D eigenvalue weighted by molar-refractivity contribution is -0.0527. The van der Waals surface area contributed by atoms with Crippen molar-refractivity contribution in [2.24, 2.45) is 7.05 Å². The second kappa shape index (κ2) is 14.7. The minimum absolute atomic E-state index is 0.0341. The fraction of sp³-hybridized carbons (Fsp3) is 0.262. The molecule has 0 spiro atoms. The number of alkyl halides is 4. The molecule has 3 aromatic carbocycles. The highest BCUT2D eigenvalue weighted by molar-refractivity contribution is 6.99. The van der Waals surface area contributed by atoms with Crippen molar-refractivity contribution < 1.29 is 31.5 Å². The Morgan fingerprint density at radius 2 is 1.46 bits per heavy atom.